The van der Waals surface area contributed by atoms with Crippen LogP contribution in [0, 0.1) is 0 Å². The Hall–Kier alpha value is -1.95. The molecule has 1 aliphatic heterocycles. The van der Waals surface area contributed by atoms with Gasteiger partial charge in [-0.3, -0.25) is 9.36 Å². The Balaban J connectivity index is 1.77. The molecule has 0 radical (unpaired) electrons. The number of aromatic nitrogens is 2. The van der Waals surface area contributed by atoms with Gasteiger partial charge in [0.1, 0.15) is 0 Å². The van der Waals surface area contributed by atoms with E-state index in [-0.39, 0.29) is 12.4 Å². The van der Waals surface area contributed by atoms with Crippen LogP contribution in [0.2, 0.25) is 0 Å². The van der Waals surface area contributed by atoms with E-state index in [1.165, 1.54) is 0 Å². The van der Waals surface area contributed by atoms with Gasteiger partial charge in [-0.05, 0) is 24.1 Å². The van der Waals surface area contributed by atoms with Crippen LogP contribution in [0.5, 0.6) is 11.5 Å². The highest BCUT2D eigenvalue weighted by molar-refractivity contribution is 7.98. The average Bonchev–Trinajstić information content (AvgIpc) is 2.97. The Morgan fingerprint density at radius 3 is 2.91 bits per heavy atom. The maximum Gasteiger partial charge on any atom is 0.254 e. The van der Waals surface area contributed by atoms with Gasteiger partial charge in [0.05, 0.1) is 0 Å². The van der Waals surface area contributed by atoms with Crippen molar-refractivity contribution < 1.29 is 9.47 Å². The van der Waals surface area contributed by atoms with Crippen LogP contribution in [0.25, 0.3) is 0 Å². The topological polar surface area (TPSA) is 53.4 Å². The van der Waals surface area contributed by atoms with Crippen molar-refractivity contribution in [3.05, 3.63) is 45.9 Å². The highest BCUT2D eigenvalue weighted by Gasteiger charge is 2.14. The molecule has 0 atom stereocenters. The third-order valence-corrected chi connectivity index (χ3v) is 4.56. The fraction of sp³-hybridized carbons (Fsp3) is 0.375. The van der Waals surface area contributed by atoms with Gasteiger partial charge in [0.25, 0.3) is 5.56 Å². The number of fused-ring (bicyclic) bond motifs is 1. The van der Waals surface area contributed by atoms with Crippen LogP contribution in [0.3, 0.4) is 0 Å². The maximum atomic E-state index is 12.0. The molecular weight excluding hydrogens is 300 g/mol. The van der Waals surface area contributed by atoms with Crippen LogP contribution in [-0.4, -0.2) is 16.3 Å². The molecule has 116 valence electrons. The van der Waals surface area contributed by atoms with Crippen molar-refractivity contribution in [1.82, 2.24) is 9.55 Å². The van der Waals surface area contributed by atoms with Gasteiger partial charge in [0.2, 0.25) is 6.79 Å². The molecule has 0 saturated carbocycles. The Morgan fingerprint density at radius 2 is 2.09 bits per heavy atom. The zero-order chi connectivity index (χ0) is 15.5. The predicted octanol–water partition coefficient (Wildman–Crippen LogP) is 2.75. The Labute approximate surface area is 133 Å². The molecular formula is C16H18N2O3S. The molecule has 0 amide bonds. The number of benzene rings is 1. The minimum absolute atomic E-state index is 0.00774. The molecule has 0 spiro atoms. The molecule has 0 saturated heterocycles. The van der Waals surface area contributed by atoms with Crippen LogP contribution >= 0.6 is 11.8 Å². The van der Waals surface area contributed by atoms with Crippen LogP contribution in [0.1, 0.15) is 24.6 Å². The number of rotatable bonds is 5. The molecule has 2 heterocycles. The summed E-state index contributed by atoms with van der Waals surface area (Å²) in [7, 11) is 1.76. The van der Waals surface area contributed by atoms with Crippen LogP contribution in [0.4, 0.5) is 0 Å². The number of hydrogen-bond acceptors (Lipinski definition) is 5. The van der Waals surface area contributed by atoms with Crippen molar-refractivity contribution in [3.8, 4) is 11.5 Å². The molecule has 3 rings (SSSR count). The summed E-state index contributed by atoms with van der Waals surface area (Å²) in [5, 5.41) is 0.744. The summed E-state index contributed by atoms with van der Waals surface area (Å²) in [6, 6.07) is 7.52. The fourth-order valence-electron chi connectivity index (χ4n) is 2.26. The summed E-state index contributed by atoms with van der Waals surface area (Å²) < 4.78 is 12.3. The molecule has 0 N–H and O–H groups in total. The van der Waals surface area contributed by atoms with Gasteiger partial charge in [0, 0.05) is 24.6 Å². The summed E-state index contributed by atoms with van der Waals surface area (Å²) in [4.78, 5) is 16.6. The van der Waals surface area contributed by atoms with E-state index >= 15 is 0 Å². The van der Waals surface area contributed by atoms with E-state index in [1.54, 1.807) is 29.4 Å². The molecule has 22 heavy (non-hydrogen) atoms. The standard InChI is InChI=1S/C16H18N2O3S/c1-3-4-12-8-15(19)18(2)16(17-12)22-9-11-5-6-13-14(7-11)21-10-20-13/h5-8H,3-4,9-10H2,1-2H3. The van der Waals surface area contributed by atoms with E-state index in [0.29, 0.717) is 0 Å². The molecule has 1 aromatic heterocycles. The van der Waals surface area contributed by atoms with E-state index < -0.39 is 0 Å². The third kappa shape index (κ3) is 3.11. The van der Waals surface area contributed by atoms with Crippen LogP contribution in [0.15, 0.2) is 34.2 Å². The molecule has 2 aromatic rings. The molecule has 0 unspecified atom stereocenters. The lowest BCUT2D eigenvalue weighted by Gasteiger charge is -2.09. The predicted molar refractivity (Wildman–Crippen MR) is 85.6 cm³/mol. The largest absolute Gasteiger partial charge is 0.454 e. The first-order valence-electron chi connectivity index (χ1n) is 7.25. The second-order valence-corrected chi connectivity index (χ2v) is 6.10. The quantitative estimate of drug-likeness (QED) is 0.627. The Kier molecular flexibility index (Phi) is 4.38. The van der Waals surface area contributed by atoms with E-state index in [9.17, 15) is 4.79 Å². The minimum atomic E-state index is -0.00774. The average molecular weight is 318 g/mol. The number of thioether (sulfide) groups is 1. The zero-order valence-electron chi connectivity index (χ0n) is 12.7. The summed E-state index contributed by atoms with van der Waals surface area (Å²) in [6.07, 6.45) is 1.81. The van der Waals surface area contributed by atoms with Gasteiger partial charge < -0.3 is 9.47 Å². The Bertz CT molecular complexity index is 743. The second-order valence-electron chi connectivity index (χ2n) is 5.15. The smallest absolute Gasteiger partial charge is 0.254 e. The maximum absolute atomic E-state index is 12.0. The van der Waals surface area contributed by atoms with Crippen LogP contribution in [-0.2, 0) is 19.2 Å². The van der Waals surface area contributed by atoms with Crippen molar-refractivity contribution in [1.29, 1.82) is 0 Å². The van der Waals surface area contributed by atoms with E-state index in [2.05, 4.69) is 11.9 Å². The minimum Gasteiger partial charge on any atom is -0.454 e. The summed E-state index contributed by atoms with van der Waals surface area (Å²) >= 11 is 1.56. The first-order valence-corrected chi connectivity index (χ1v) is 8.24. The lowest BCUT2D eigenvalue weighted by Crippen LogP contribution is -2.20. The fourth-order valence-corrected chi connectivity index (χ4v) is 3.20. The SMILES string of the molecule is CCCc1cc(=O)n(C)c(SCc2ccc3c(c2)OCO3)n1. The highest BCUT2D eigenvalue weighted by atomic mass is 32.2. The van der Waals surface area contributed by atoms with Crippen molar-refractivity contribution in [2.75, 3.05) is 6.79 Å². The molecule has 1 aromatic carbocycles. The zero-order valence-corrected chi connectivity index (χ0v) is 13.5. The van der Waals surface area contributed by atoms with E-state index in [1.807, 2.05) is 18.2 Å². The van der Waals surface area contributed by atoms with Gasteiger partial charge in [-0.1, -0.05) is 31.2 Å². The highest BCUT2D eigenvalue weighted by Crippen LogP contribution is 2.34. The molecule has 5 nitrogen and oxygen atoms in total. The number of nitrogens with zero attached hydrogens (tertiary/aromatic N) is 2. The van der Waals surface area contributed by atoms with Crippen molar-refractivity contribution in [2.24, 2.45) is 7.05 Å². The van der Waals surface area contributed by atoms with Gasteiger partial charge in [-0.15, -0.1) is 0 Å². The Morgan fingerprint density at radius 1 is 1.27 bits per heavy atom. The first-order chi connectivity index (χ1) is 10.7. The third-order valence-electron chi connectivity index (χ3n) is 3.46. The normalized spacial score (nSPS) is 12.6. The molecule has 0 aliphatic carbocycles. The van der Waals surface area contributed by atoms with Crippen molar-refractivity contribution >= 4 is 11.8 Å². The van der Waals surface area contributed by atoms with Crippen LogP contribution < -0.4 is 15.0 Å². The summed E-state index contributed by atoms with van der Waals surface area (Å²) in [5.41, 5.74) is 1.97. The number of ether oxygens (including phenoxy) is 2. The van der Waals surface area contributed by atoms with Gasteiger partial charge >= 0.3 is 0 Å². The monoisotopic (exact) mass is 318 g/mol. The van der Waals surface area contributed by atoms with Gasteiger partial charge in [-0.25, -0.2) is 4.98 Å². The molecule has 1 aliphatic rings. The molecule has 0 bridgehead atoms. The second kappa shape index (κ2) is 6.44. The van der Waals surface area contributed by atoms with E-state index in [0.717, 1.165) is 46.5 Å². The number of hydrogen-bond donors (Lipinski definition) is 0. The first kappa shape index (κ1) is 15.0. The van der Waals surface area contributed by atoms with E-state index in [4.69, 9.17) is 9.47 Å². The lowest BCUT2D eigenvalue weighted by atomic mass is 10.2. The molecule has 6 heteroatoms. The van der Waals surface area contributed by atoms with Crippen molar-refractivity contribution in [3.63, 3.8) is 0 Å². The van der Waals surface area contributed by atoms with Gasteiger partial charge in [-0.2, -0.15) is 0 Å². The summed E-state index contributed by atoms with van der Waals surface area (Å²) in [6.45, 7) is 2.36. The summed E-state index contributed by atoms with van der Waals surface area (Å²) in [5.74, 6) is 2.29. The lowest BCUT2D eigenvalue weighted by molar-refractivity contribution is 0.174. The number of aryl methyl sites for hydroxylation is 1. The van der Waals surface area contributed by atoms with Gasteiger partial charge in [0.15, 0.2) is 16.7 Å². The van der Waals surface area contributed by atoms with Crippen molar-refractivity contribution in [2.45, 2.75) is 30.7 Å². The molecule has 0 fully saturated rings.